The van der Waals surface area contributed by atoms with E-state index in [9.17, 15) is 13.2 Å². The molecule has 0 atom stereocenters. The van der Waals surface area contributed by atoms with Crippen LogP contribution in [0.25, 0.3) is 10.8 Å². The standard InChI is InChI=1S/C26H23N3O3S/c30-26(28-27-18-23-14-9-13-22-12-7-8-17-25(22)23)20-29(19-21-10-3-1-4-11-21)33(31,32)24-15-5-2-6-16-24/h1-18H,19-20H2,(H,28,30)/b27-18-. The maximum Gasteiger partial charge on any atom is 0.255 e. The van der Waals surface area contributed by atoms with Gasteiger partial charge in [-0.3, -0.25) is 4.79 Å². The Morgan fingerprint density at radius 2 is 1.45 bits per heavy atom. The molecule has 0 heterocycles. The fourth-order valence-electron chi connectivity index (χ4n) is 3.49. The molecule has 0 aliphatic heterocycles. The zero-order valence-corrected chi connectivity index (χ0v) is 18.7. The van der Waals surface area contributed by atoms with E-state index in [2.05, 4.69) is 10.5 Å². The van der Waals surface area contributed by atoms with Gasteiger partial charge < -0.3 is 0 Å². The number of amides is 1. The highest BCUT2D eigenvalue weighted by Crippen LogP contribution is 2.18. The number of hydrogen-bond acceptors (Lipinski definition) is 4. The predicted molar refractivity (Wildman–Crippen MR) is 130 cm³/mol. The minimum absolute atomic E-state index is 0.0680. The fraction of sp³-hybridized carbons (Fsp3) is 0.0769. The fourth-order valence-corrected chi connectivity index (χ4v) is 4.89. The second-order valence-electron chi connectivity index (χ2n) is 7.43. The average Bonchev–Trinajstić information content (AvgIpc) is 2.85. The Bertz CT molecular complexity index is 1370. The second-order valence-corrected chi connectivity index (χ2v) is 9.37. The lowest BCUT2D eigenvalue weighted by Crippen LogP contribution is -2.39. The molecule has 4 aromatic carbocycles. The highest BCUT2D eigenvalue weighted by Gasteiger charge is 2.26. The molecule has 33 heavy (non-hydrogen) atoms. The zero-order chi connectivity index (χ0) is 23.1. The van der Waals surface area contributed by atoms with Gasteiger partial charge >= 0.3 is 0 Å². The molecule has 1 N–H and O–H groups in total. The third kappa shape index (κ3) is 5.52. The van der Waals surface area contributed by atoms with Gasteiger partial charge in [-0.1, -0.05) is 91.0 Å². The van der Waals surface area contributed by atoms with Gasteiger partial charge in [0.15, 0.2) is 0 Å². The van der Waals surface area contributed by atoms with Gasteiger partial charge in [0.1, 0.15) is 0 Å². The first-order valence-electron chi connectivity index (χ1n) is 10.4. The van der Waals surface area contributed by atoms with Crippen LogP contribution in [0, 0.1) is 0 Å². The minimum atomic E-state index is -3.88. The van der Waals surface area contributed by atoms with E-state index < -0.39 is 15.9 Å². The first kappa shape index (κ1) is 22.4. The quantitative estimate of drug-likeness (QED) is 0.318. The van der Waals surface area contributed by atoms with E-state index in [1.165, 1.54) is 12.1 Å². The van der Waals surface area contributed by atoms with Crippen molar-refractivity contribution in [3.05, 3.63) is 114 Å². The van der Waals surface area contributed by atoms with E-state index >= 15 is 0 Å². The van der Waals surface area contributed by atoms with Gasteiger partial charge in [0.2, 0.25) is 10.0 Å². The second kappa shape index (κ2) is 10.2. The smallest absolute Gasteiger partial charge is 0.255 e. The van der Waals surface area contributed by atoms with Crippen LogP contribution < -0.4 is 5.43 Å². The number of carbonyl (C=O) groups is 1. The van der Waals surface area contributed by atoms with Gasteiger partial charge in [0, 0.05) is 12.1 Å². The Balaban J connectivity index is 1.52. The Morgan fingerprint density at radius 3 is 2.21 bits per heavy atom. The molecular weight excluding hydrogens is 434 g/mol. The summed E-state index contributed by atoms with van der Waals surface area (Å²) in [6, 6.07) is 31.0. The van der Waals surface area contributed by atoms with Crippen molar-refractivity contribution in [2.75, 3.05) is 6.54 Å². The lowest BCUT2D eigenvalue weighted by atomic mass is 10.1. The molecule has 0 spiro atoms. The molecule has 0 aliphatic carbocycles. The summed E-state index contributed by atoms with van der Waals surface area (Å²) in [5.41, 5.74) is 4.09. The van der Waals surface area contributed by atoms with Crippen LogP contribution in [0.4, 0.5) is 0 Å². The molecule has 0 unspecified atom stereocenters. The number of hydrogen-bond donors (Lipinski definition) is 1. The molecule has 0 radical (unpaired) electrons. The third-order valence-electron chi connectivity index (χ3n) is 5.12. The third-order valence-corrected chi connectivity index (χ3v) is 6.92. The number of benzene rings is 4. The van der Waals surface area contributed by atoms with Crippen molar-refractivity contribution in [2.24, 2.45) is 5.10 Å². The molecule has 1 amide bonds. The number of carbonyl (C=O) groups excluding carboxylic acids is 1. The van der Waals surface area contributed by atoms with Crippen LogP contribution in [0.15, 0.2) is 113 Å². The lowest BCUT2D eigenvalue weighted by molar-refractivity contribution is -0.121. The molecule has 7 heteroatoms. The molecule has 0 fully saturated rings. The first-order valence-corrected chi connectivity index (χ1v) is 11.9. The molecule has 0 saturated carbocycles. The van der Waals surface area contributed by atoms with E-state index in [4.69, 9.17) is 0 Å². The highest BCUT2D eigenvalue weighted by atomic mass is 32.2. The number of fused-ring (bicyclic) bond motifs is 1. The lowest BCUT2D eigenvalue weighted by Gasteiger charge is -2.21. The number of nitrogens with one attached hydrogen (secondary N) is 1. The van der Waals surface area contributed by atoms with E-state index in [1.54, 1.807) is 24.4 Å². The molecule has 0 bridgehead atoms. The topological polar surface area (TPSA) is 78.8 Å². The SMILES string of the molecule is O=C(CN(Cc1ccccc1)S(=O)(=O)c1ccccc1)N/N=C\c1cccc2ccccc12. The van der Waals surface area contributed by atoms with Crippen molar-refractivity contribution in [3.8, 4) is 0 Å². The molecular formula is C26H23N3O3S. The highest BCUT2D eigenvalue weighted by molar-refractivity contribution is 7.89. The van der Waals surface area contributed by atoms with Gasteiger partial charge in [0.25, 0.3) is 5.91 Å². The summed E-state index contributed by atoms with van der Waals surface area (Å²) >= 11 is 0. The van der Waals surface area contributed by atoms with E-state index in [0.717, 1.165) is 26.2 Å². The predicted octanol–water partition coefficient (Wildman–Crippen LogP) is 4.18. The zero-order valence-electron chi connectivity index (χ0n) is 17.8. The summed E-state index contributed by atoms with van der Waals surface area (Å²) in [6.45, 7) is -0.294. The number of nitrogens with zero attached hydrogens (tertiary/aromatic N) is 2. The summed E-state index contributed by atoms with van der Waals surface area (Å²) < 4.78 is 27.6. The van der Waals surface area contributed by atoms with Crippen LogP contribution in [0.3, 0.4) is 0 Å². The Labute approximate surface area is 193 Å². The normalized spacial score (nSPS) is 11.8. The van der Waals surface area contributed by atoms with E-state index in [-0.39, 0.29) is 18.0 Å². The number of rotatable bonds is 8. The van der Waals surface area contributed by atoms with Gasteiger partial charge in [0.05, 0.1) is 17.7 Å². The monoisotopic (exact) mass is 457 g/mol. The van der Waals surface area contributed by atoms with Crippen molar-refractivity contribution in [2.45, 2.75) is 11.4 Å². The summed E-state index contributed by atoms with van der Waals surface area (Å²) in [5, 5.41) is 6.14. The van der Waals surface area contributed by atoms with Crippen LogP contribution in [-0.2, 0) is 21.4 Å². The largest absolute Gasteiger partial charge is 0.272 e. The van der Waals surface area contributed by atoms with Crippen molar-refractivity contribution in [1.29, 1.82) is 0 Å². The van der Waals surface area contributed by atoms with Crippen LogP contribution in [0.5, 0.6) is 0 Å². The minimum Gasteiger partial charge on any atom is -0.272 e. The Kier molecular flexibility index (Phi) is 6.92. The van der Waals surface area contributed by atoms with Crippen molar-refractivity contribution >= 4 is 32.9 Å². The summed E-state index contributed by atoms with van der Waals surface area (Å²) in [7, 11) is -3.88. The number of sulfonamides is 1. The van der Waals surface area contributed by atoms with Crippen LogP contribution in [-0.4, -0.2) is 31.4 Å². The molecule has 4 rings (SSSR count). The van der Waals surface area contributed by atoms with Gasteiger partial charge in [-0.05, 0) is 28.5 Å². The van der Waals surface area contributed by atoms with Crippen molar-refractivity contribution in [3.63, 3.8) is 0 Å². The van der Waals surface area contributed by atoms with Crippen molar-refractivity contribution < 1.29 is 13.2 Å². The Hall–Kier alpha value is -3.81. The number of hydrazone groups is 1. The maximum absolute atomic E-state index is 13.2. The Morgan fingerprint density at radius 1 is 0.818 bits per heavy atom. The van der Waals surface area contributed by atoms with Crippen LogP contribution in [0.1, 0.15) is 11.1 Å². The first-order chi connectivity index (χ1) is 16.0. The summed E-state index contributed by atoms with van der Waals surface area (Å²) in [6.07, 6.45) is 1.56. The molecule has 0 saturated heterocycles. The maximum atomic E-state index is 13.2. The van der Waals surface area contributed by atoms with Gasteiger partial charge in [-0.2, -0.15) is 9.41 Å². The van der Waals surface area contributed by atoms with Gasteiger partial charge in [-0.25, -0.2) is 13.8 Å². The van der Waals surface area contributed by atoms with Crippen molar-refractivity contribution in [1.82, 2.24) is 9.73 Å². The van der Waals surface area contributed by atoms with E-state index in [0.29, 0.717) is 0 Å². The van der Waals surface area contributed by atoms with Gasteiger partial charge in [-0.15, -0.1) is 0 Å². The molecule has 6 nitrogen and oxygen atoms in total. The van der Waals surface area contributed by atoms with Crippen LogP contribution >= 0.6 is 0 Å². The average molecular weight is 458 g/mol. The summed E-state index contributed by atoms with van der Waals surface area (Å²) in [4.78, 5) is 12.8. The summed E-state index contributed by atoms with van der Waals surface area (Å²) in [5.74, 6) is -0.526. The molecule has 4 aromatic rings. The van der Waals surface area contributed by atoms with E-state index in [1.807, 2.05) is 72.8 Å². The molecule has 0 aliphatic rings. The molecule has 166 valence electrons. The molecule has 0 aromatic heterocycles. The van der Waals surface area contributed by atoms with Crippen LogP contribution in [0.2, 0.25) is 0 Å².